The Kier molecular flexibility index (Phi) is 5.90. The number of hydrogen-bond acceptors (Lipinski definition) is 4. The fraction of sp³-hybridized carbons (Fsp3) is 0.0435. The molecule has 3 aromatic carbocycles. The van der Waals surface area contributed by atoms with Crippen LogP contribution >= 0.6 is 15.9 Å². The Labute approximate surface area is 186 Å². The van der Waals surface area contributed by atoms with Gasteiger partial charge in [0.15, 0.2) is 0 Å². The predicted molar refractivity (Wildman–Crippen MR) is 124 cm³/mol. The zero-order valence-electron chi connectivity index (χ0n) is 16.5. The number of carbonyl (C=O) groups excluding carboxylic acids is 2. The van der Waals surface area contributed by atoms with E-state index in [1.165, 1.54) is 0 Å². The van der Waals surface area contributed by atoms with Crippen molar-refractivity contribution in [3.8, 4) is 0 Å². The number of imidazole rings is 1. The highest BCUT2D eigenvalue weighted by molar-refractivity contribution is 9.10. The molecule has 0 unspecified atom stereocenters. The molecule has 154 valence electrons. The lowest BCUT2D eigenvalue weighted by Crippen LogP contribution is -2.19. The molecule has 0 aliphatic rings. The second kappa shape index (κ2) is 8.93. The van der Waals surface area contributed by atoms with Crippen LogP contribution < -0.4 is 10.7 Å². The van der Waals surface area contributed by atoms with Crippen LogP contribution in [0, 0.1) is 0 Å². The average Bonchev–Trinajstić information content (AvgIpc) is 3.19. The molecule has 0 spiro atoms. The molecule has 3 N–H and O–H groups in total. The maximum atomic E-state index is 12.5. The summed E-state index contributed by atoms with van der Waals surface area (Å²) in [6, 6.07) is 21.5. The highest BCUT2D eigenvalue weighted by Crippen LogP contribution is 2.15. The third-order valence-corrected chi connectivity index (χ3v) is 5.09. The number of aromatic amines is 1. The number of nitrogens with zero attached hydrogens (tertiary/aromatic N) is 2. The molecular formula is C23H18BrN5O2. The first-order valence-electron chi connectivity index (χ1n) is 9.46. The monoisotopic (exact) mass is 475 g/mol. The Morgan fingerprint density at radius 1 is 0.903 bits per heavy atom. The molecule has 1 heterocycles. The van der Waals surface area contributed by atoms with Crippen LogP contribution in [0.25, 0.3) is 11.0 Å². The van der Waals surface area contributed by atoms with Gasteiger partial charge in [0.25, 0.3) is 11.8 Å². The van der Waals surface area contributed by atoms with E-state index in [9.17, 15) is 9.59 Å². The fourth-order valence-electron chi connectivity index (χ4n) is 2.95. The van der Waals surface area contributed by atoms with E-state index >= 15 is 0 Å². The smallest absolute Gasteiger partial charge is 0.271 e. The second-order valence-corrected chi connectivity index (χ2v) is 7.70. The summed E-state index contributed by atoms with van der Waals surface area (Å²) in [4.78, 5) is 32.1. The van der Waals surface area contributed by atoms with E-state index in [1.54, 1.807) is 49.4 Å². The topological polar surface area (TPSA) is 99.2 Å². The van der Waals surface area contributed by atoms with Crippen LogP contribution in [0.15, 0.2) is 82.4 Å². The van der Waals surface area contributed by atoms with Crippen LogP contribution in [0.1, 0.15) is 33.2 Å². The van der Waals surface area contributed by atoms with Crippen LogP contribution in [0.5, 0.6) is 0 Å². The second-order valence-electron chi connectivity index (χ2n) is 6.78. The summed E-state index contributed by atoms with van der Waals surface area (Å²) in [5, 5.41) is 6.92. The van der Waals surface area contributed by atoms with Gasteiger partial charge in [0, 0.05) is 15.6 Å². The van der Waals surface area contributed by atoms with Crippen molar-refractivity contribution >= 4 is 50.4 Å². The molecule has 31 heavy (non-hydrogen) atoms. The normalized spacial score (nSPS) is 11.4. The Bertz CT molecular complexity index is 1260. The number of nitrogens with one attached hydrogen (secondary N) is 3. The van der Waals surface area contributed by atoms with Crippen molar-refractivity contribution in [3.05, 3.63) is 94.0 Å². The van der Waals surface area contributed by atoms with Gasteiger partial charge < -0.3 is 4.98 Å². The van der Waals surface area contributed by atoms with Crippen LogP contribution in [0.3, 0.4) is 0 Å². The van der Waals surface area contributed by atoms with Crippen molar-refractivity contribution < 1.29 is 9.59 Å². The minimum Gasteiger partial charge on any atom is -0.324 e. The lowest BCUT2D eigenvalue weighted by molar-refractivity contribution is 0.0954. The Balaban J connectivity index is 1.41. The van der Waals surface area contributed by atoms with Crippen molar-refractivity contribution in [3.63, 3.8) is 0 Å². The minimum atomic E-state index is -0.303. The number of H-pyrrole nitrogens is 1. The number of anilines is 1. The van der Waals surface area contributed by atoms with Gasteiger partial charge in [-0.25, -0.2) is 10.4 Å². The zero-order chi connectivity index (χ0) is 21.8. The number of para-hydroxylation sites is 2. The third kappa shape index (κ3) is 4.87. The third-order valence-electron chi connectivity index (χ3n) is 4.60. The molecule has 0 atom stereocenters. The summed E-state index contributed by atoms with van der Waals surface area (Å²) < 4.78 is 0.817. The van der Waals surface area contributed by atoms with Gasteiger partial charge in [-0.1, -0.05) is 46.3 Å². The summed E-state index contributed by atoms with van der Waals surface area (Å²) >= 11 is 3.34. The number of halogens is 1. The van der Waals surface area contributed by atoms with E-state index in [1.807, 2.05) is 30.3 Å². The number of benzene rings is 3. The maximum absolute atomic E-state index is 12.5. The molecule has 0 saturated carbocycles. The zero-order valence-corrected chi connectivity index (χ0v) is 18.1. The molecule has 0 fully saturated rings. The maximum Gasteiger partial charge on any atom is 0.271 e. The van der Waals surface area contributed by atoms with Gasteiger partial charge in [0.05, 0.1) is 16.7 Å². The molecule has 0 aliphatic heterocycles. The molecule has 2 amide bonds. The molecule has 1 aromatic heterocycles. The largest absolute Gasteiger partial charge is 0.324 e. The standard InChI is InChI=1S/C23H18BrN5O2/c1-14(28-29-22(31)17-5-4-6-18(24)13-17)15-9-11-16(12-10-15)21(30)27-23-25-19-7-2-3-8-20(19)26-23/h2-13H,1H3,(H,29,31)(H2,25,26,27,30)/b28-14+. The molecule has 0 bridgehead atoms. The highest BCUT2D eigenvalue weighted by Gasteiger charge is 2.10. The first-order chi connectivity index (χ1) is 15.0. The molecule has 0 aliphatic carbocycles. The average molecular weight is 476 g/mol. The fourth-order valence-corrected chi connectivity index (χ4v) is 3.35. The van der Waals surface area contributed by atoms with Gasteiger partial charge in [-0.05, 0) is 55.0 Å². The van der Waals surface area contributed by atoms with Crippen molar-refractivity contribution in [2.24, 2.45) is 5.10 Å². The Morgan fingerprint density at radius 2 is 1.65 bits per heavy atom. The van der Waals surface area contributed by atoms with E-state index in [0.717, 1.165) is 21.1 Å². The van der Waals surface area contributed by atoms with Crippen molar-refractivity contribution in [2.45, 2.75) is 6.92 Å². The molecule has 8 heteroatoms. The van der Waals surface area contributed by atoms with Gasteiger partial charge in [0.2, 0.25) is 5.95 Å². The van der Waals surface area contributed by atoms with Gasteiger partial charge in [0.1, 0.15) is 0 Å². The highest BCUT2D eigenvalue weighted by atomic mass is 79.9. The predicted octanol–water partition coefficient (Wildman–Crippen LogP) is 4.73. The summed E-state index contributed by atoms with van der Waals surface area (Å²) in [6.07, 6.45) is 0. The summed E-state index contributed by atoms with van der Waals surface area (Å²) in [5.41, 5.74) is 6.57. The van der Waals surface area contributed by atoms with Crippen LogP contribution in [0.2, 0.25) is 0 Å². The molecular weight excluding hydrogens is 458 g/mol. The van der Waals surface area contributed by atoms with E-state index in [0.29, 0.717) is 22.8 Å². The summed E-state index contributed by atoms with van der Waals surface area (Å²) in [7, 11) is 0. The number of aromatic nitrogens is 2. The molecule has 0 radical (unpaired) electrons. The number of hydrogen-bond donors (Lipinski definition) is 3. The Hall–Kier alpha value is -3.78. The van der Waals surface area contributed by atoms with E-state index in [-0.39, 0.29) is 11.8 Å². The number of amides is 2. The van der Waals surface area contributed by atoms with Crippen LogP contribution in [-0.2, 0) is 0 Å². The molecule has 4 aromatic rings. The lowest BCUT2D eigenvalue weighted by Gasteiger charge is -2.05. The summed E-state index contributed by atoms with van der Waals surface area (Å²) in [5.74, 6) is -0.186. The molecule has 0 saturated heterocycles. The van der Waals surface area contributed by atoms with Gasteiger partial charge in [-0.3, -0.25) is 14.9 Å². The summed E-state index contributed by atoms with van der Waals surface area (Å²) in [6.45, 7) is 1.78. The van der Waals surface area contributed by atoms with Gasteiger partial charge in [-0.15, -0.1) is 0 Å². The first kappa shape index (κ1) is 20.5. The van der Waals surface area contributed by atoms with E-state index < -0.39 is 0 Å². The number of fused-ring (bicyclic) bond motifs is 1. The van der Waals surface area contributed by atoms with Crippen molar-refractivity contribution in [1.29, 1.82) is 0 Å². The van der Waals surface area contributed by atoms with Gasteiger partial charge in [-0.2, -0.15) is 5.10 Å². The SMILES string of the molecule is C/C(=N\NC(=O)c1cccc(Br)c1)c1ccc(C(=O)Nc2nc3ccccc3[nH]2)cc1. The first-order valence-corrected chi connectivity index (χ1v) is 10.3. The number of carbonyl (C=O) groups is 2. The molecule has 4 rings (SSSR count). The lowest BCUT2D eigenvalue weighted by atomic mass is 10.1. The quantitative estimate of drug-likeness (QED) is 0.287. The minimum absolute atomic E-state index is 0.275. The van der Waals surface area contributed by atoms with Gasteiger partial charge >= 0.3 is 0 Å². The molecule has 7 nitrogen and oxygen atoms in total. The van der Waals surface area contributed by atoms with Crippen LogP contribution in [0.4, 0.5) is 5.95 Å². The van der Waals surface area contributed by atoms with Crippen molar-refractivity contribution in [2.75, 3.05) is 5.32 Å². The Morgan fingerprint density at radius 3 is 2.39 bits per heavy atom. The number of rotatable bonds is 5. The van der Waals surface area contributed by atoms with Crippen molar-refractivity contribution in [1.82, 2.24) is 15.4 Å². The number of hydrazone groups is 1. The van der Waals surface area contributed by atoms with Crippen LogP contribution in [-0.4, -0.2) is 27.5 Å². The van der Waals surface area contributed by atoms with E-state index in [2.05, 4.69) is 41.7 Å². The van der Waals surface area contributed by atoms with E-state index in [4.69, 9.17) is 0 Å².